The molecule has 2 N–H and O–H groups in total. The van der Waals surface area contributed by atoms with E-state index in [1.807, 2.05) is 13.0 Å². The van der Waals surface area contributed by atoms with Gasteiger partial charge in [0.2, 0.25) is 0 Å². The lowest BCUT2D eigenvalue weighted by Crippen LogP contribution is -2.20. The highest BCUT2D eigenvalue weighted by atomic mass is 19.1. The van der Waals surface area contributed by atoms with E-state index in [4.69, 9.17) is 10.5 Å². The summed E-state index contributed by atoms with van der Waals surface area (Å²) in [5.41, 5.74) is 5.65. The zero-order chi connectivity index (χ0) is 10.2. The number of nitrogens with zero attached hydrogens (tertiary/aromatic N) is 1. The van der Waals surface area contributed by atoms with Crippen LogP contribution in [0, 0.1) is 5.82 Å². The van der Waals surface area contributed by atoms with Crippen LogP contribution in [0.5, 0.6) is 0 Å². The van der Waals surface area contributed by atoms with Crippen molar-refractivity contribution in [1.82, 2.24) is 0 Å². The predicted octanol–water partition coefficient (Wildman–Crippen LogP) is 1.39. The molecular weight excluding hydrogens is 183 g/mol. The van der Waals surface area contributed by atoms with Gasteiger partial charge in [-0.2, -0.15) is 0 Å². The molecule has 1 aromatic rings. The first-order chi connectivity index (χ1) is 6.60. The van der Waals surface area contributed by atoms with E-state index in [0.29, 0.717) is 6.61 Å². The number of halogens is 1. The standard InChI is InChI=1S/C10H11FN2O/c1-10(6-14-9(12)13-10)7-3-2-4-8(11)5-7/h2-5H,6H2,1H3,(H2,12,13). The summed E-state index contributed by atoms with van der Waals surface area (Å²) >= 11 is 0. The topological polar surface area (TPSA) is 47.6 Å². The van der Waals surface area contributed by atoms with Gasteiger partial charge in [0.15, 0.2) is 0 Å². The van der Waals surface area contributed by atoms with Crippen molar-refractivity contribution >= 4 is 6.02 Å². The third-order valence-corrected chi connectivity index (χ3v) is 2.30. The smallest absolute Gasteiger partial charge is 0.283 e. The van der Waals surface area contributed by atoms with Gasteiger partial charge in [-0.15, -0.1) is 0 Å². The van der Waals surface area contributed by atoms with Crippen molar-refractivity contribution in [1.29, 1.82) is 0 Å². The molecule has 14 heavy (non-hydrogen) atoms. The van der Waals surface area contributed by atoms with Gasteiger partial charge in [-0.25, -0.2) is 9.38 Å². The molecule has 1 aliphatic rings. The van der Waals surface area contributed by atoms with Gasteiger partial charge in [-0.05, 0) is 24.6 Å². The second-order valence-electron chi connectivity index (χ2n) is 3.52. The Labute approximate surface area is 81.4 Å². The average Bonchev–Trinajstić information content (AvgIpc) is 2.48. The van der Waals surface area contributed by atoms with Crippen molar-refractivity contribution in [2.24, 2.45) is 10.7 Å². The lowest BCUT2D eigenvalue weighted by atomic mass is 9.94. The summed E-state index contributed by atoms with van der Waals surface area (Å²) in [5, 5.41) is 0. The maximum absolute atomic E-state index is 13.0. The summed E-state index contributed by atoms with van der Waals surface area (Å²) in [7, 11) is 0. The fraction of sp³-hybridized carbons (Fsp3) is 0.300. The van der Waals surface area contributed by atoms with Gasteiger partial charge in [-0.3, -0.25) is 0 Å². The van der Waals surface area contributed by atoms with Gasteiger partial charge in [0.25, 0.3) is 6.02 Å². The lowest BCUT2D eigenvalue weighted by molar-refractivity contribution is 0.266. The van der Waals surface area contributed by atoms with Crippen LogP contribution in [0.2, 0.25) is 0 Å². The summed E-state index contributed by atoms with van der Waals surface area (Å²) in [6.45, 7) is 2.23. The maximum atomic E-state index is 13.0. The molecule has 3 nitrogen and oxygen atoms in total. The molecule has 1 aromatic carbocycles. The molecule has 2 rings (SSSR count). The summed E-state index contributed by atoms with van der Waals surface area (Å²) in [6, 6.07) is 6.48. The monoisotopic (exact) mass is 194 g/mol. The highest BCUT2D eigenvalue weighted by Gasteiger charge is 2.32. The molecule has 0 aromatic heterocycles. The minimum Gasteiger partial charge on any atom is -0.462 e. The number of hydrogen-bond acceptors (Lipinski definition) is 3. The second-order valence-corrected chi connectivity index (χ2v) is 3.52. The predicted molar refractivity (Wildman–Crippen MR) is 51.3 cm³/mol. The molecule has 0 saturated heterocycles. The highest BCUT2D eigenvalue weighted by molar-refractivity contribution is 5.74. The minimum atomic E-state index is -0.549. The Balaban J connectivity index is 2.40. The van der Waals surface area contributed by atoms with Crippen LogP contribution >= 0.6 is 0 Å². The summed E-state index contributed by atoms with van der Waals surface area (Å²) < 4.78 is 18.0. The summed E-state index contributed by atoms with van der Waals surface area (Å²) in [6.07, 6.45) is 0. The zero-order valence-electron chi connectivity index (χ0n) is 7.83. The number of hydrogen-bond donors (Lipinski definition) is 1. The first-order valence-electron chi connectivity index (χ1n) is 4.34. The highest BCUT2D eigenvalue weighted by Crippen LogP contribution is 2.29. The van der Waals surface area contributed by atoms with Crippen LogP contribution in [0.3, 0.4) is 0 Å². The molecule has 1 atom stereocenters. The molecule has 0 aliphatic carbocycles. The Morgan fingerprint density at radius 3 is 2.93 bits per heavy atom. The molecular formula is C10H11FN2O. The number of ether oxygens (including phenoxy) is 1. The Hall–Kier alpha value is -1.58. The van der Waals surface area contributed by atoms with Gasteiger partial charge < -0.3 is 10.5 Å². The Morgan fingerprint density at radius 2 is 2.36 bits per heavy atom. The lowest BCUT2D eigenvalue weighted by Gasteiger charge is -2.18. The summed E-state index contributed by atoms with van der Waals surface area (Å²) in [5.74, 6) is -0.274. The normalized spacial score (nSPS) is 25.7. The quantitative estimate of drug-likeness (QED) is 0.734. The van der Waals surface area contributed by atoms with Crippen molar-refractivity contribution in [3.8, 4) is 0 Å². The van der Waals surface area contributed by atoms with Gasteiger partial charge in [0, 0.05) is 0 Å². The molecule has 4 heteroatoms. The van der Waals surface area contributed by atoms with E-state index in [9.17, 15) is 4.39 Å². The van der Waals surface area contributed by atoms with Gasteiger partial charge in [-0.1, -0.05) is 12.1 Å². The van der Waals surface area contributed by atoms with Crippen molar-refractivity contribution in [3.05, 3.63) is 35.6 Å². The van der Waals surface area contributed by atoms with Crippen molar-refractivity contribution in [2.45, 2.75) is 12.5 Å². The molecule has 0 bridgehead atoms. The van der Waals surface area contributed by atoms with E-state index in [0.717, 1.165) is 5.56 Å². The second kappa shape index (κ2) is 2.97. The van der Waals surface area contributed by atoms with Crippen molar-refractivity contribution in [2.75, 3.05) is 6.61 Å². The fourth-order valence-corrected chi connectivity index (χ4v) is 1.49. The molecule has 1 aliphatic heterocycles. The van der Waals surface area contributed by atoms with Gasteiger partial charge in [0.1, 0.15) is 18.0 Å². The van der Waals surface area contributed by atoms with E-state index < -0.39 is 5.54 Å². The average molecular weight is 194 g/mol. The number of aliphatic imine (C=N–C) groups is 1. The number of benzene rings is 1. The maximum Gasteiger partial charge on any atom is 0.283 e. The third-order valence-electron chi connectivity index (χ3n) is 2.30. The van der Waals surface area contributed by atoms with E-state index in [-0.39, 0.29) is 11.8 Å². The molecule has 0 saturated carbocycles. The SMILES string of the molecule is CC1(c2cccc(F)c2)COC(N)=N1. The first kappa shape index (κ1) is 8.99. The van der Waals surface area contributed by atoms with Crippen LogP contribution in [-0.2, 0) is 10.3 Å². The molecule has 1 unspecified atom stereocenters. The van der Waals surface area contributed by atoms with Crippen LogP contribution in [0.25, 0.3) is 0 Å². The van der Waals surface area contributed by atoms with E-state index in [1.165, 1.54) is 12.1 Å². The third kappa shape index (κ3) is 1.43. The number of rotatable bonds is 1. The molecule has 0 radical (unpaired) electrons. The van der Waals surface area contributed by atoms with E-state index in [1.54, 1.807) is 6.07 Å². The zero-order valence-corrected chi connectivity index (χ0v) is 7.83. The first-order valence-corrected chi connectivity index (χ1v) is 4.34. The molecule has 74 valence electrons. The number of nitrogens with two attached hydrogens (primary N) is 1. The minimum absolute atomic E-state index is 0.164. The van der Waals surface area contributed by atoms with Crippen molar-refractivity contribution in [3.63, 3.8) is 0 Å². The van der Waals surface area contributed by atoms with Crippen LogP contribution in [0.15, 0.2) is 29.3 Å². The Kier molecular flexibility index (Phi) is 1.91. The van der Waals surface area contributed by atoms with Crippen molar-refractivity contribution < 1.29 is 9.13 Å². The van der Waals surface area contributed by atoms with Gasteiger partial charge in [0.05, 0.1) is 0 Å². The van der Waals surface area contributed by atoms with Crippen LogP contribution in [-0.4, -0.2) is 12.6 Å². The molecule has 0 fully saturated rings. The number of amidine groups is 1. The molecule has 0 spiro atoms. The summed E-state index contributed by atoms with van der Waals surface area (Å²) in [4.78, 5) is 4.14. The van der Waals surface area contributed by atoms with Crippen LogP contribution in [0.4, 0.5) is 4.39 Å². The van der Waals surface area contributed by atoms with Crippen LogP contribution in [0.1, 0.15) is 12.5 Å². The Bertz CT molecular complexity index is 391. The van der Waals surface area contributed by atoms with E-state index >= 15 is 0 Å². The van der Waals surface area contributed by atoms with E-state index in [2.05, 4.69) is 4.99 Å². The Morgan fingerprint density at radius 1 is 1.57 bits per heavy atom. The van der Waals surface area contributed by atoms with Gasteiger partial charge >= 0.3 is 0 Å². The fourth-order valence-electron chi connectivity index (χ4n) is 1.49. The van der Waals surface area contributed by atoms with Crippen LogP contribution < -0.4 is 5.73 Å². The molecule has 0 amide bonds. The molecule has 1 heterocycles. The largest absolute Gasteiger partial charge is 0.462 e.